The molecular formula is C17H27N5O. The summed E-state index contributed by atoms with van der Waals surface area (Å²) in [5.41, 5.74) is 0. The largest absolute Gasteiger partial charge is 0.339 e. The van der Waals surface area contributed by atoms with Gasteiger partial charge in [-0.2, -0.15) is 0 Å². The summed E-state index contributed by atoms with van der Waals surface area (Å²) in [5.74, 6) is 1.07. The summed E-state index contributed by atoms with van der Waals surface area (Å²) in [4.78, 5) is 27.6. The first-order valence-corrected chi connectivity index (χ1v) is 8.74. The lowest BCUT2D eigenvalue weighted by atomic mass is 9.98. The fourth-order valence-electron chi connectivity index (χ4n) is 3.57. The first kappa shape index (κ1) is 16.2. The number of aromatic nitrogens is 2. The second-order valence-corrected chi connectivity index (χ2v) is 6.59. The molecule has 0 radical (unpaired) electrons. The van der Waals surface area contributed by atoms with Crippen LogP contribution in [-0.4, -0.2) is 71.5 Å². The van der Waals surface area contributed by atoms with Crippen LogP contribution in [0.5, 0.6) is 0 Å². The van der Waals surface area contributed by atoms with E-state index in [9.17, 15) is 4.79 Å². The van der Waals surface area contributed by atoms with Crippen LogP contribution in [0.4, 0.5) is 5.95 Å². The summed E-state index contributed by atoms with van der Waals surface area (Å²) in [5, 5.41) is 0. The minimum absolute atomic E-state index is 0.303. The highest BCUT2D eigenvalue weighted by Gasteiger charge is 2.24. The first-order valence-electron chi connectivity index (χ1n) is 8.74. The molecule has 1 aromatic rings. The van der Waals surface area contributed by atoms with Gasteiger partial charge >= 0.3 is 0 Å². The third-order valence-corrected chi connectivity index (χ3v) is 5.08. The minimum Gasteiger partial charge on any atom is -0.339 e. The number of nitrogens with zero attached hydrogens (tertiary/aromatic N) is 5. The standard InChI is InChI=1S/C17H27N5O/c1-20-10-3-2-5-15(20)6-7-16(23)21-11-13-22(14-12-21)17-18-8-4-9-19-17/h4,8-9,15H,2-3,5-7,10-14H2,1H3/t15-/m1/s1. The van der Waals surface area contributed by atoms with E-state index < -0.39 is 0 Å². The zero-order valence-electron chi connectivity index (χ0n) is 14.0. The van der Waals surface area contributed by atoms with Crippen LogP contribution in [0.1, 0.15) is 32.1 Å². The maximum Gasteiger partial charge on any atom is 0.225 e. The van der Waals surface area contributed by atoms with Gasteiger partial charge in [-0.3, -0.25) is 4.79 Å². The Hall–Kier alpha value is -1.69. The zero-order valence-corrected chi connectivity index (χ0v) is 14.0. The lowest BCUT2D eigenvalue weighted by Gasteiger charge is -2.36. The SMILES string of the molecule is CN1CCCC[C@@H]1CCC(=O)N1CCN(c2ncccn2)CC1. The lowest BCUT2D eigenvalue weighted by Crippen LogP contribution is -2.49. The van der Waals surface area contributed by atoms with Crippen LogP contribution in [0, 0.1) is 0 Å². The van der Waals surface area contributed by atoms with Gasteiger partial charge in [0.2, 0.25) is 11.9 Å². The molecule has 23 heavy (non-hydrogen) atoms. The topological polar surface area (TPSA) is 52.6 Å². The fourth-order valence-corrected chi connectivity index (χ4v) is 3.57. The molecule has 0 unspecified atom stereocenters. The van der Waals surface area contributed by atoms with Crippen molar-refractivity contribution in [2.75, 3.05) is 44.7 Å². The average molecular weight is 317 g/mol. The maximum atomic E-state index is 12.4. The Bertz CT molecular complexity index is 501. The van der Waals surface area contributed by atoms with Crippen LogP contribution < -0.4 is 4.90 Å². The van der Waals surface area contributed by atoms with Crippen LogP contribution in [0.25, 0.3) is 0 Å². The van der Waals surface area contributed by atoms with Crippen LogP contribution in [0.2, 0.25) is 0 Å². The van der Waals surface area contributed by atoms with Crippen LogP contribution >= 0.6 is 0 Å². The first-order chi connectivity index (χ1) is 11.2. The van der Waals surface area contributed by atoms with Crippen molar-refractivity contribution in [2.24, 2.45) is 0 Å². The average Bonchev–Trinajstić information content (AvgIpc) is 2.62. The monoisotopic (exact) mass is 317 g/mol. The van der Waals surface area contributed by atoms with Gasteiger partial charge in [0.1, 0.15) is 0 Å². The Morgan fingerprint density at radius 1 is 1.13 bits per heavy atom. The van der Waals surface area contributed by atoms with E-state index >= 15 is 0 Å². The lowest BCUT2D eigenvalue weighted by molar-refractivity contribution is -0.131. The summed E-state index contributed by atoms with van der Waals surface area (Å²) < 4.78 is 0. The Balaban J connectivity index is 1.43. The molecule has 6 heteroatoms. The van der Waals surface area contributed by atoms with Gasteiger partial charge in [-0.15, -0.1) is 0 Å². The molecule has 3 rings (SSSR count). The molecule has 2 saturated heterocycles. The number of hydrogen-bond acceptors (Lipinski definition) is 5. The molecule has 3 heterocycles. The number of amides is 1. The van der Waals surface area contributed by atoms with Crippen LogP contribution in [0.3, 0.4) is 0 Å². The Morgan fingerprint density at radius 2 is 1.87 bits per heavy atom. The summed E-state index contributed by atoms with van der Waals surface area (Å²) in [7, 11) is 2.19. The highest BCUT2D eigenvalue weighted by Crippen LogP contribution is 2.20. The van der Waals surface area contributed by atoms with E-state index in [2.05, 4.69) is 26.8 Å². The third-order valence-electron chi connectivity index (χ3n) is 5.08. The summed E-state index contributed by atoms with van der Waals surface area (Å²) in [6.45, 7) is 4.36. The highest BCUT2D eigenvalue weighted by atomic mass is 16.2. The van der Waals surface area contributed by atoms with Crippen LogP contribution in [0.15, 0.2) is 18.5 Å². The van der Waals surface area contributed by atoms with Crippen molar-refractivity contribution in [3.05, 3.63) is 18.5 Å². The zero-order chi connectivity index (χ0) is 16.1. The number of piperidine rings is 1. The van der Waals surface area contributed by atoms with Gasteiger partial charge in [0.05, 0.1) is 0 Å². The molecule has 0 N–H and O–H groups in total. The normalized spacial score (nSPS) is 23.1. The van der Waals surface area contributed by atoms with Gasteiger partial charge in [0.15, 0.2) is 0 Å². The molecule has 0 saturated carbocycles. The van der Waals surface area contributed by atoms with Crippen molar-refractivity contribution in [3.63, 3.8) is 0 Å². The summed E-state index contributed by atoms with van der Waals surface area (Å²) in [6.07, 6.45) is 9.04. The van der Waals surface area contributed by atoms with E-state index in [0.29, 0.717) is 18.4 Å². The van der Waals surface area contributed by atoms with Gasteiger partial charge in [-0.05, 0) is 38.9 Å². The van der Waals surface area contributed by atoms with Crippen molar-refractivity contribution >= 4 is 11.9 Å². The van der Waals surface area contributed by atoms with Gasteiger partial charge in [-0.25, -0.2) is 9.97 Å². The molecule has 1 amide bonds. The number of rotatable bonds is 4. The van der Waals surface area contributed by atoms with Crippen LogP contribution in [-0.2, 0) is 4.79 Å². The Morgan fingerprint density at radius 3 is 2.57 bits per heavy atom. The smallest absolute Gasteiger partial charge is 0.225 e. The number of hydrogen-bond donors (Lipinski definition) is 0. The van der Waals surface area contributed by atoms with Crippen molar-refractivity contribution in [1.82, 2.24) is 19.8 Å². The molecule has 0 bridgehead atoms. The third kappa shape index (κ3) is 4.19. The molecule has 1 atom stereocenters. The van der Waals surface area contributed by atoms with E-state index in [1.54, 1.807) is 12.4 Å². The van der Waals surface area contributed by atoms with Crippen molar-refractivity contribution in [3.8, 4) is 0 Å². The number of anilines is 1. The van der Waals surface area contributed by atoms with Crippen molar-refractivity contribution < 1.29 is 4.79 Å². The predicted molar refractivity (Wildman–Crippen MR) is 90.3 cm³/mol. The molecule has 2 fully saturated rings. The van der Waals surface area contributed by atoms with E-state index in [4.69, 9.17) is 0 Å². The van der Waals surface area contributed by atoms with Gasteiger partial charge in [-0.1, -0.05) is 6.42 Å². The second-order valence-electron chi connectivity index (χ2n) is 6.59. The van der Waals surface area contributed by atoms with Crippen molar-refractivity contribution in [1.29, 1.82) is 0 Å². The summed E-state index contributed by atoms with van der Waals surface area (Å²) in [6, 6.07) is 2.41. The predicted octanol–water partition coefficient (Wildman–Crippen LogP) is 1.39. The number of carbonyl (C=O) groups excluding carboxylic acids is 1. The quantitative estimate of drug-likeness (QED) is 0.840. The molecule has 1 aromatic heterocycles. The van der Waals surface area contributed by atoms with Gasteiger partial charge < -0.3 is 14.7 Å². The van der Waals surface area contributed by atoms with Crippen molar-refractivity contribution in [2.45, 2.75) is 38.1 Å². The number of piperazine rings is 1. The Labute approximate surface area is 138 Å². The van der Waals surface area contributed by atoms with E-state index in [1.165, 1.54) is 25.8 Å². The fraction of sp³-hybridized carbons (Fsp3) is 0.706. The molecular weight excluding hydrogens is 290 g/mol. The second kappa shape index (κ2) is 7.73. The molecule has 0 aliphatic carbocycles. The molecule has 6 nitrogen and oxygen atoms in total. The van der Waals surface area contributed by atoms with E-state index in [-0.39, 0.29) is 0 Å². The van der Waals surface area contributed by atoms with E-state index in [0.717, 1.165) is 38.5 Å². The number of carbonyl (C=O) groups is 1. The Kier molecular flexibility index (Phi) is 5.43. The van der Waals surface area contributed by atoms with Gasteiger partial charge in [0, 0.05) is 51.0 Å². The van der Waals surface area contributed by atoms with E-state index in [1.807, 2.05) is 11.0 Å². The molecule has 2 aliphatic heterocycles. The highest BCUT2D eigenvalue weighted by molar-refractivity contribution is 5.76. The number of likely N-dealkylation sites (tertiary alicyclic amines) is 1. The molecule has 2 aliphatic rings. The molecule has 126 valence electrons. The summed E-state index contributed by atoms with van der Waals surface area (Å²) >= 11 is 0. The van der Waals surface area contributed by atoms with Gasteiger partial charge in [0.25, 0.3) is 0 Å². The molecule has 0 aromatic carbocycles. The molecule has 0 spiro atoms. The minimum atomic E-state index is 0.303. The maximum absolute atomic E-state index is 12.4.